The Balaban J connectivity index is 2.48. The number of nitrogens with one attached hydrogen (secondary N) is 1. The van der Waals surface area contributed by atoms with Crippen LogP contribution in [0.1, 0.15) is 0 Å². The van der Waals surface area contributed by atoms with Crippen LogP contribution in [0.3, 0.4) is 0 Å². The molecule has 1 rings (SSSR count). The van der Waals surface area contributed by atoms with Gasteiger partial charge in [-0.3, -0.25) is 4.79 Å². The number of carbonyl (C=O) groups is 2. The molecule has 0 saturated carbocycles. The number of rotatable bonds is 1. The lowest BCUT2D eigenvalue weighted by Crippen LogP contribution is -2.31. The van der Waals surface area contributed by atoms with Crippen LogP contribution in [-0.2, 0) is 9.59 Å². The highest BCUT2D eigenvalue weighted by Gasteiger charge is 2.26. The van der Waals surface area contributed by atoms with Gasteiger partial charge in [0.15, 0.2) is 5.37 Å². The molecule has 1 fully saturated rings. The fourth-order valence-corrected chi connectivity index (χ4v) is 1.28. The standard InChI is InChI=1S/C4H5NO3S/c6-2-1-9-3(5-2)4(7)8/h3H,1H2,(H,5,6)(H,7,8)/t3-/m0/s1. The lowest BCUT2D eigenvalue weighted by molar-refractivity contribution is -0.138. The molecular formula is C4H5NO3S. The number of carboxylic acids is 1. The monoisotopic (exact) mass is 147 g/mol. The predicted octanol–water partition coefficient (Wildman–Crippen LogP) is -0.740. The molecule has 2 N–H and O–H groups in total. The Kier molecular flexibility index (Phi) is 1.61. The number of amides is 1. The van der Waals surface area contributed by atoms with Gasteiger partial charge in [-0.1, -0.05) is 0 Å². The van der Waals surface area contributed by atoms with Crippen molar-refractivity contribution in [2.24, 2.45) is 0 Å². The molecule has 9 heavy (non-hydrogen) atoms. The summed E-state index contributed by atoms with van der Waals surface area (Å²) in [5.74, 6) is -0.921. The fraction of sp³-hybridized carbons (Fsp3) is 0.500. The zero-order chi connectivity index (χ0) is 6.85. The molecular weight excluding hydrogens is 142 g/mol. The van der Waals surface area contributed by atoms with Crippen molar-refractivity contribution < 1.29 is 14.7 Å². The second kappa shape index (κ2) is 2.26. The Morgan fingerprint density at radius 2 is 2.56 bits per heavy atom. The smallest absolute Gasteiger partial charge is 0.336 e. The first-order valence-electron chi connectivity index (χ1n) is 2.34. The van der Waals surface area contributed by atoms with E-state index in [1.807, 2.05) is 0 Å². The van der Waals surface area contributed by atoms with Gasteiger partial charge in [0.1, 0.15) is 0 Å². The van der Waals surface area contributed by atoms with Crippen molar-refractivity contribution in [2.45, 2.75) is 5.37 Å². The summed E-state index contributed by atoms with van der Waals surface area (Å²) < 4.78 is 0. The Morgan fingerprint density at radius 1 is 1.89 bits per heavy atom. The van der Waals surface area contributed by atoms with E-state index < -0.39 is 11.3 Å². The van der Waals surface area contributed by atoms with Crippen LogP contribution in [0.15, 0.2) is 0 Å². The Hall–Kier alpha value is -0.710. The van der Waals surface area contributed by atoms with Crippen LogP contribution >= 0.6 is 11.8 Å². The zero-order valence-electron chi connectivity index (χ0n) is 4.46. The van der Waals surface area contributed by atoms with Crippen LogP contribution in [-0.4, -0.2) is 28.1 Å². The van der Waals surface area contributed by atoms with Gasteiger partial charge in [0.25, 0.3) is 0 Å². The number of carbonyl (C=O) groups excluding carboxylic acids is 1. The molecule has 4 nitrogen and oxygen atoms in total. The lowest BCUT2D eigenvalue weighted by Gasteiger charge is -1.98. The molecule has 0 bridgehead atoms. The minimum atomic E-state index is -0.981. The highest BCUT2D eigenvalue weighted by Crippen LogP contribution is 2.13. The summed E-state index contributed by atoms with van der Waals surface area (Å²) in [5, 5.41) is 9.85. The van der Waals surface area contributed by atoms with Gasteiger partial charge in [-0.25, -0.2) is 4.79 Å². The van der Waals surface area contributed by atoms with Crippen LogP contribution < -0.4 is 5.32 Å². The quantitative estimate of drug-likeness (QED) is 0.512. The molecule has 1 aliphatic heterocycles. The predicted molar refractivity (Wildman–Crippen MR) is 32.0 cm³/mol. The van der Waals surface area contributed by atoms with Gasteiger partial charge in [0.2, 0.25) is 5.91 Å². The number of carboxylic acid groups (broad SMARTS) is 1. The van der Waals surface area contributed by atoms with Gasteiger partial charge in [0, 0.05) is 0 Å². The normalized spacial score (nSPS) is 25.8. The molecule has 1 atom stereocenters. The van der Waals surface area contributed by atoms with Gasteiger partial charge < -0.3 is 10.4 Å². The molecule has 0 unspecified atom stereocenters. The van der Waals surface area contributed by atoms with E-state index in [1.54, 1.807) is 0 Å². The van der Waals surface area contributed by atoms with Gasteiger partial charge in [-0.15, -0.1) is 11.8 Å². The first-order chi connectivity index (χ1) is 4.20. The fourth-order valence-electron chi connectivity index (χ4n) is 0.522. The number of aliphatic carboxylic acids is 1. The van der Waals surface area contributed by atoms with Crippen LogP contribution in [0.4, 0.5) is 0 Å². The molecule has 0 spiro atoms. The second-order valence-electron chi connectivity index (χ2n) is 1.60. The topological polar surface area (TPSA) is 66.4 Å². The maximum atomic E-state index is 10.4. The highest BCUT2D eigenvalue weighted by molar-refractivity contribution is 8.01. The summed E-state index contributed by atoms with van der Waals surface area (Å²) in [7, 11) is 0. The molecule has 1 amide bonds. The van der Waals surface area contributed by atoms with Crippen LogP contribution in [0.2, 0.25) is 0 Å². The van der Waals surface area contributed by atoms with Gasteiger partial charge in [-0.05, 0) is 0 Å². The van der Waals surface area contributed by atoms with Crippen LogP contribution in [0, 0.1) is 0 Å². The minimum Gasteiger partial charge on any atom is -0.479 e. The van der Waals surface area contributed by atoms with Gasteiger partial charge in [0.05, 0.1) is 5.75 Å². The van der Waals surface area contributed by atoms with E-state index in [2.05, 4.69) is 5.32 Å². The minimum absolute atomic E-state index is 0.201. The van der Waals surface area contributed by atoms with Crippen LogP contribution in [0.5, 0.6) is 0 Å². The third-order valence-corrected chi connectivity index (χ3v) is 1.98. The third-order valence-electron chi connectivity index (χ3n) is 0.897. The van der Waals surface area contributed by atoms with E-state index in [-0.39, 0.29) is 11.7 Å². The van der Waals surface area contributed by atoms with Gasteiger partial charge in [-0.2, -0.15) is 0 Å². The largest absolute Gasteiger partial charge is 0.479 e. The molecule has 50 valence electrons. The number of thioether (sulfide) groups is 1. The summed E-state index contributed by atoms with van der Waals surface area (Å²) in [4.78, 5) is 20.5. The van der Waals surface area contributed by atoms with E-state index >= 15 is 0 Å². The van der Waals surface area contributed by atoms with E-state index in [0.717, 1.165) is 11.8 Å². The second-order valence-corrected chi connectivity index (χ2v) is 2.69. The average molecular weight is 147 g/mol. The molecule has 1 aliphatic rings. The first kappa shape index (κ1) is 6.41. The summed E-state index contributed by atoms with van der Waals surface area (Å²) >= 11 is 1.10. The maximum absolute atomic E-state index is 10.4. The number of hydrogen-bond acceptors (Lipinski definition) is 3. The third kappa shape index (κ3) is 1.35. The molecule has 0 radical (unpaired) electrons. The Bertz CT molecular complexity index is 158. The van der Waals surface area contributed by atoms with E-state index in [0.29, 0.717) is 0 Å². The Morgan fingerprint density at radius 3 is 2.78 bits per heavy atom. The van der Waals surface area contributed by atoms with Crippen molar-refractivity contribution >= 4 is 23.6 Å². The Labute approximate surface area is 55.6 Å². The molecule has 0 aliphatic carbocycles. The van der Waals surface area contributed by atoms with Crippen molar-refractivity contribution in [1.82, 2.24) is 5.32 Å². The molecule has 5 heteroatoms. The van der Waals surface area contributed by atoms with E-state index in [1.165, 1.54) is 0 Å². The molecule has 1 heterocycles. The van der Waals surface area contributed by atoms with Crippen molar-refractivity contribution in [1.29, 1.82) is 0 Å². The summed E-state index contributed by atoms with van der Waals surface area (Å²) in [5.41, 5.74) is 0. The summed E-state index contributed by atoms with van der Waals surface area (Å²) in [6, 6.07) is 0. The van der Waals surface area contributed by atoms with Crippen molar-refractivity contribution in [3.05, 3.63) is 0 Å². The van der Waals surface area contributed by atoms with Crippen LogP contribution in [0.25, 0.3) is 0 Å². The molecule has 0 aromatic heterocycles. The summed E-state index contributed by atoms with van der Waals surface area (Å²) in [6.07, 6.45) is 0. The average Bonchev–Trinajstić information content (AvgIpc) is 2.14. The number of hydrogen-bond donors (Lipinski definition) is 2. The SMILES string of the molecule is O=C1CS[C@@H](C(=O)O)N1. The van der Waals surface area contributed by atoms with Crippen molar-refractivity contribution in [3.63, 3.8) is 0 Å². The molecule has 1 saturated heterocycles. The summed E-state index contributed by atoms with van der Waals surface area (Å²) in [6.45, 7) is 0. The molecule has 0 aromatic rings. The van der Waals surface area contributed by atoms with Crippen molar-refractivity contribution in [2.75, 3.05) is 5.75 Å². The molecule has 0 aromatic carbocycles. The highest BCUT2D eigenvalue weighted by atomic mass is 32.2. The first-order valence-corrected chi connectivity index (χ1v) is 3.39. The van der Waals surface area contributed by atoms with E-state index in [4.69, 9.17) is 5.11 Å². The zero-order valence-corrected chi connectivity index (χ0v) is 5.27. The van der Waals surface area contributed by atoms with E-state index in [9.17, 15) is 9.59 Å². The van der Waals surface area contributed by atoms with Crippen molar-refractivity contribution in [3.8, 4) is 0 Å². The maximum Gasteiger partial charge on any atom is 0.336 e. The van der Waals surface area contributed by atoms with Gasteiger partial charge >= 0.3 is 5.97 Å². The lowest BCUT2D eigenvalue weighted by atomic mass is 10.6.